The minimum atomic E-state index is 0.344. The zero-order valence-electron chi connectivity index (χ0n) is 16.6. The Morgan fingerprint density at radius 2 is 1.57 bits per heavy atom. The van der Waals surface area contributed by atoms with Crippen molar-refractivity contribution in [1.82, 2.24) is 14.8 Å². The summed E-state index contributed by atoms with van der Waals surface area (Å²) < 4.78 is 8.24. The number of para-hydroxylation sites is 1. The van der Waals surface area contributed by atoms with E-state index in [-0.39, 0.29) is 0 Å². The van der Waals surface area contributed by atoms with Gasteiger partial charge >= 0.3 is 0 Å². The predicted molar refractivity (Wildman–Crippen MR) is 122 cm³/mol. The zero-order chi connectivity index (χ0) is 20.6. The average Bonchev–Trinajstić information content (AvgIpc) is 3.19. The van der Waals surface area contributed by atoms with Gasteiger partial charge in [0.2, 0.25) is 0 Å². The number of allylic oxidation sites excluding steroid dienone is 1. The Bertz CT molecular complexity index is 1090. The van der Waals surface area contributed by atoms with Gasteiger partial charge in [-0.3, -0.25) is 4.57 Å². The van der Waals surface area contributed by atoms with Crippen LogP contribution in [0.4, 0.5) is 0 Å². The average molecular weight is 414 g/mol. The third kappa shape index (κ3) is 4.81. The molecular weight excluding hydrogens is 390 g/mol. The number of rotatable bonds is 9. The van der Waals surface area contributed by atoms with Crippen LogP contribution in [-0.2, 0) is 18.9 Å². The van der Waals surface area contributed by atoms with Gasteiger partial charge in [-0.15, -0.1) is 16.8 Å². The molecular formula is C25H23N3OS. The van der Waals surface area contributed by atoms with E-state index in [0.717, 1.165) is 33.6 Å². The lowest BCUT2D eigenvalue weighted by atomic mass is 10.1. The van der Waals surface area contributed by atoms with Gasteiger partial charge < -0.3 is 4.74 Å². The second-order valence-corrected chi connectivity index (χ2v) is 7.67. The van der Waals surface area contributed by atoms with E-state index in [0.29, 0.717) is 13.2 Å². The van der Waals surface area contributed by atoms with Crippen LogP contribution in [0.5, 0.6) is 5.75 Å². The lowest BCUT2D eigenvalue weighted by Gasteiger charge is -2.12. The zero-order valence-corrected chi connectivity index (χ0v) is 17.5. The summed E-state index contributed by atoms with van der Waals surface area (Å²) in [5, 5.41) is 9.64. The van der Waals surface area contributed by atoms with Crippen LogP contribution in [0.1, 0.15) is 11.4 Å². The van der Waals surface area contributed by atoms with Gasteiger partial charge in [-0.2, -0.15) is 0 Å². The van der Waals surface area contributed by atoms with Crippen molar-refractivity contribution < 1.29 is 4.74 Å². The fraction of sp³-hybridized carbons (Fsp3) is 0.120. The molecule has 4 nitrogen and oxygen atoms in total. The minimum absolute atomic E-state index is 0.344. The summed E-state index contributed by atoms with van der Waals surface area (Å²) in [6.45, 7) is 4.87. The molecule has 3 aromatic carbocycles. The third-order valence-electron chi connectivity index (χ3n) is 4.64. The van der Waals surface area contributed by atoms with E-state index in [9.17, 15) is 0 Å². The normalized spacial score (nSPS) is 10.7. The van der Waals surface area contributed by atoms with E-state index >= 15 is 0 Å². The number of thioether (sulfide) groups is 1. The summed E-state index contributed by atoms with van der Waals surface area (Å²) in [7, 11) is 0. The molecule has 0 aliphatic heterocycles. The molecule has 0 atom stereocenters. The largest absolute Gasteiger partial charge is 0.485 e. The molecule has 0 saturated heterocycles. The number of aromatic nitrogens is 3. The molecule has 0 saturated carbocycles. The van der Waals surface area contributed by atoms with Gasteiger partial charge in [0, 0.05) is 17.9 Å². The molecule has 0 spiro atoms. The molecule has 1 aromatic heterocycles. The molecule has 150 valence electrons. The smallest absolute Gasteiger partial charge is 0.191 e. The number of ether oxygens (including phenoxy) is 1. The van der Waals surface area contributed by atoms with Crippen molar-refractivity contribution in [3.63, 3.8) is 0 Å². The van der Waals surface area contributed by atoms with Crippen molar-refractivity contribution in [2.45, 2.75) is 24.1 Å². The van der Waals surface area contributed by atoms with Gasteiger partial charge in [-0.25, -0.2) is 0 Å². The van der Waals surface area contributed by atoms with E-state index in [2.05, 4.69) is 51.7 Å². The minimum Gasteiger partial charge on any atom is -0.485 e. The summed E-state index contributed by atoms with van der Waals surface area (Å²) in [6, 6.07) is 28.7. The van der Waals surface area contributed by atoms with Crippen molar-refractivity contribution in [1.29, 1.82) is 0 Å². The van der Waals surface area contributed by atoms with Crippen LogP contribution < -0.4 is 4.74 Å². The van der Waals surface area contributed by atoms with Gasteiger partial charge in [-0.1, -0.05) is 96.7 Å². The first-order valence-electron chi connectivity index (χ1n) is 9.82. The van der Waals surface area contributed by atoms with E-state index in [1.165, 1.54) is 5.56 Å². The first-order valence-corrected chi connectivity index (χ1v) is 10.8. The van der Waals surface area contributed by atoms with Gasteiger partial charge in [0.05, 0.1) is 0 Å². The lowest BCUT2D eigenvalue weighted by Crippen LogP contribution is -2.08. The van der Waals surface area contributed by atoms with Crippen molar-refractivity contribution in [2.75, 3.05) is 0 Å². The van der Waals surface area contributed by atoms with Crippen LogP contribution in [0, 0.1) is 0 Å². The molecule has 0 bridgehead atoms. The van der Waals surface area contributed by atoms with E-state index in [1.807, 2.05) is 60.7 Å². The van der Waals surface area contributed by atoms with E-state index in [1.54, 1.807) is 11.8 Å². The fourth-order valence-electron chi connectivity index (χ4n) is 3.16. The SMILES string of the molecule is C=CCn1c(COc2ccccc2-c2ccccc2)nnc1SCc1ccccc1. The lowest BCUT2D eigenvalue weighted by molar-refractivity contribution is 0.290. The molecule has 0 aliphatic carbocycles. The van der Waals surface area contributed by atoms with Crippen LogP contribution in [0.15, 0.2) is 103 Å². The Labute approximate surface area is 181 Å². The summed E-state index contributed by atoms with van der Waals surface area (Å²) in [5.41, 5.74) is 3.44. The van der Waals surface area contributed by atoms with Crippen LogP contribution in [0.3, 0.4) is 0 Å². The quantitative estimate of drug-likeness (QED) is 0.249. The van der Waals surface area contributed by atoms with Crippen LogP contribution in [0.25, 0.3) is 11.1 Å². The molecule has 5 heteroatoms. The Balaban J connectivity index is 1.50. The molecule has 0 N–H and O–H groups in total. The molecule has 4 rings (SSSR count). The van der Waals surface area contributed by atoms with Crippen molar-refractivity contribution in [3.8, 4) is 16.9 Å². The topological polar surface area (TPSA) is 39.9 Å². The molecule has 0 unspecified atom stereocenters. The maximum atomic E-state index is 6.17. The molecule has 0 radical (unpaired) electrons. The van der Waals surface area contributed by atoms with Gasteiger partial charge in [0.15, 0.2) is 11.0 Å². The predicted octanol–water partition coefficient (Wildman–Crippen LogP) is 6.00. The molecule has 1 heterocycles. The van der Waals surface area contributed by atoms with Crippen molar-refractivity contribution >= 4 is 11.8 Å². The van der Waals surface area contributed by atoms with Crippen LogP contribution in [0.2, 0.25) is 0 Å². The third-order valence-corrected chi connectivity index (χ3v) is 5.68. The first-order chi connectivity index (χ1) is 14.8. The summed E-state index contributed by atoms with van der Waals surface area (Å²) in [5.74, 6) is 2.46. The maximum Gasteiger partial charge on any atom is 0.191 e. The Morgan fingerprint density at radius 3 is 2.33 bits per heavy atom. The maximum absolute atomic E-state index is 6.17. The standard InChI is InChI=1S/C25H23N3OS/c1-2-17-28-24(26-27-25(28)30-19-20-11-5-3-6-12-20)18-29-23-16-10-9-15-22(23)21-13-7-4-8-14-21/h2-16H,1,17-19H2. The van der Waals surface area contributed by atoms with Crippen molar-refractivity contribution in [2.24, 2.45) is 0 Å². The molecule has 30 heavy (non-hydrogen) atoms. The van der Waals surface area contributed by atoms with Crippen molar-refractivity contribution in [3.05, 3.63) is 109 Å². The summed E-state index contributed by atoms with van der Waals surface area (Å²) in [6.07, 6.45) is 1.86. The second kappa shape index (κ2) is 9.94. The second-order valence-electron chi connectivity index (χ2n) is 6.72. The molecule has 0 aliphatic rings. The van der Waals surface area contributed by atoms with Crippen LogP contribution in [-0.4, -0.2) is 14.8 Å². The molecule has 4 aromatic rings. The Kier molecular flexibility index (Phi) is 6.62. The summed E-state index contributed by atoms with van der Waals surface area (Å²) in [4.78, 5) is 0. The van der Waals surface area contributed by atoms with E-state index in [4.69, 9.17) is 4.74 Å². The number of hydrogen-bond donors (Lipinski definition) is 0. The first kappa shape index (κ1) is 20.0. The highest BCUT2D eigenvalue weighted by Crippen LogP contribution is 2.30. The Morgan fingerprint density at radius 1 is 0.867 bits per heavy atom. The Hall–Kier alpha value is -3.31. The number of hydrogen-bond acceptors (Lipinski definition) is 4. The monoisotopic (exact) mass is 413 g/mol. The summed E-state index contributed by atoms with van der Waals surface area (Å²) >= 11 is 1.67. The van der Waals surface area contributed by atoms with Gasteiger partial charge in [-0.05, 0) is 17.2 Å². The van der Waals surface area contributed by atoms with Crippen LogP contribution >= 0.6 is 11.8 Å². The number of nitrogens with zero attached hydrogens (tertiary/aromatic N) is 3. The highest BCUT2D eigenvalue weighted by molar-refractivity contribution is 7.98. The van der Waals surface area contributed by atoms with Gasteiger partial charge in [0.25, 0.3) is 0 Å². The highest BCUT2D eigenvalue weighted by Gasteiger charge is 2.14. The van der Waals surface area contributed by atoms with E-state index < -0.39 is 0 Å². The number of benzene rings is 3. The molecule has 0 amide bonds. The highest BCUT2D eigenvalue weighted by atomic mass is 32.2. The molecule has 0 fully saturated rings. The fourth-order valence-corrected chi connectivity index (χ4v) is 4.08. The van der Waals surface area contributed by atoms with Gasteiger partial charge in [0.1, 0.15) is 12.4 Å².